The number of nitrogens with zero attached hydrogens (tertiary/aromatic N) is 1. The number of rotatable bonds is 8. The highest BCUT2D eigenvalue weighted by molar-refractivity contribution is 7.89. The summed E-state index contributed by atoms with van der Waals surface area (Å²) >= 11 is 0. The Kier molecular flexibility index (Phi) is 7.13. The minimum atomic E-state index is -4.32. The molecule has 0 heterocycles. The Balaban J connectivity index is 1.78. The van der Waals surface area contributed by atoms with Crippen LogP contribution in [0.5, 0.6) is 0 Å². The third-order valence-electron chi connectivity index (χ3n) is 6.32. The molecule has 0 bridgehead atoms. The second-order valence-corrected chi connectivity index (χ2v) is 10.4. The van der Waals surface area contributed by atoms with E-state index in [1.54, 1.807) is 0 Å². The number of sulfonamides is 1. The quantitative estimate of drug-likeness (QED) is 0.176. The monoisotopic (exact) mass is 520 g/mol. The summed E-state index contributed by atoms with van der Waals surface area (Å²) in [5.41, 5.74) is 4.52. The fraction of sp³-hybridized carbons (Fsp3) is 0.0323. The van der Waals surface area contributed by atoms with Gasteiger partial charge in [-0.2, -0.15) is 4.72 Å². The molecule has 0 radical (unpaired) electrons. The van der Waals surface area contributed by atoms with Crippen molar-refractivity contribution in [3.63, 3.8) is 0 Å². The van der Waals surface area contributed by atoms with Crippen molar-refractivity contribution in [2.45, 2.75) is 10.9 Å². The second-order valence-electron chi connectivity index (χ2n) is 8.69. The average Bonchev–Trinajstić information content (AvgIpc) is 2.97. The lowest BCUT2D eigenvalue weighted by Crippen LogP contribution is -2.30. The van der Waals surface area contributed by atoms with Crippen LogP contribution in [-0.2, 0) is 10.0 Å². The van der Waals surface area contributed by atoms with E-state index in [-0.39, 0.29) is 4.90 Å². The van der Waals surface area contributed by atoms with Crippen molar-refractivity contribution < 1.29 is 13.3 Å². The molecule has 1 unspecified atom stereocenters. The first-order chi connectivity index (χ1) is 18.5. The van der Waals surface area contributed by atoms with Crippen molar-refractivity contribution in [3.8, 4) is 22.3 Å². The van der Waals surface area contributed by atoms with E-state index in [0.29, 0.717) is 5.56 Å². The molecule has 0 saturated heterocycles. The molecule has 38 heavy (non-hydrogen) atoms. The summed E-state index contributed by atoms with van der Waals surface area (Å²) in [6, 6.07) is 39.2. The van der Waals surface area contributed by atoms with Gasteiger partial charge in [0.1, 0.15) is 0 Å². The predicted molar refractivity (Wildman–Crippen MR) is 149 cm³/mol. The summed E-state index contributed by atoms with van der Waals surface area (Å²) in [6.07, 6.45) is 0. The number of benzene rings is 5. The number of nitro groups is 1. The minimum Gasteiger partial charge on any atom is -0.258 e. The van der Waals surface area contributed by atoms with Crippen molar-refractivity contribution in [3.05, 3.63) is 155 Å². The molecule has 0 spiro atoms. The smallest absolute Gasteiger partial charge is 0.258 e. The van der Waals surface area contributed by atoms with Crippen LogP contribution >= 0.6 is 0 Å². The van der Waals surface area contributed by atoms with Gasteiger partial charge >= 0.3 is 0 Å². The van der Waals surface area contributed by atoms with Crippen LogP contribution in [0, 0.1) is 10.1 Å². The van der Waals surface area contributed by atoms with Gasteiger partial charge in [-0.3, -0.25) is 10.1 Å². The normalized spacial score (nSPS) is 12.1. The zero-order valence-electron chi connectivity index (χ0n) is 20.3. The van der Waals surface area contributed by atoms with Gasteiger partial charge in [0, 0.05) is 6.07 Å². The Labute approximate surface area is 221 Å². The summed E-state index contributed by atoms with van der Waals surface area (Å²) in [6.45, 7) is 0. The Bertz CT molecular complexity index is 1620. The molecule has 1 N–H and O–H groups in total. The lowest BCUT2D eigenvalue weighted by Gasteiger charge is -2.26. The first kappa shape index (κ1) is 25.1. The molecule has 0 aromatic heterocycles. The molecule has 7 heteroatoms. The molecule has 0 aliphatic heterocycles. The van der Waals surface area contributed by atoms with Crippen LogP contribution in [0.1, 0.15) is 17.2 Å². The highest BCUT2D eigenvalue weighted by Crippen LogP contribution is 2.40. The third kappa shape index (κ3) is 5.11. The van der Waals surface area contributed by atoms with E-state index < -0.39 is 26.7 Å². The lowest BCUT2D eigenvalue weighted by atomic mass is 9.85. The molecule has 0 amide bonds. The van der Waals surface area contributed by atoms with E-state index in [1.165, 1.54) is 24.3 Å². The van der Waals surface area contributed by atoms with E-state index in [4.69, 9.17) is 0 Å². The van der Waals surface area contributed by atoms with Crippen molar-refractivity contribution in [2.75, 3.05) is 0 Å². The van der Waals surface area contributed by atoms with Crippen LogP contribution in [-0.4, -0.2) is 13.3 Å². The minimum absolute atomic E-state index is 0.385. The number of para-hydroxylation sites is 1. The molecule has 0 fully saturated rings. The first-order valence-electron chi connectivity index (χ1n) is 12.0. The Hall–Kier alpha value is -4.59. The van der Waals surface area contributed by atoms with Crippen LogP contribution < -0.4 is 4.72 Å². The van der Waals surface area contributed by atoms with Crippen LogP contribution in [0.15, 0.2) is 138 Å². The average molecular weight is 521 g/mol. The van der Waals surface area contributed by atoms with E-state index in [9.17, 15) is 18.5 Å². The van der Waals surface area contributed by atoms with E-state index >= 15 is 0 Å². The highest BCUT2D eigenvalue weighted by atomic mass is 32.2. The zero-order chi connectivity index (χ0) is 26.5. The van der Waals surface area contributed by atoms with Gasteiger partial charge in [-0.25, -0.2) is 8.42 Å². The molecule has 6 nitrogen and oxygen atoms in total. The van der Waals surface area contributed by atoms with Crippen molar-refractivity contribution in [1.82, 2.24) is 4.72 Å². The third-order valence-corrected chi connectivity index (χ3v) is 7.79. The van der Waals surface area contributed by atoms with Crippen LogP contribution in [0.3, 0.4) is 0 Å². The van der Waals surface area contributed by atoms with Gasteiger partial charge in [-0.15, -0.1) is 0 Å². The van der Waals surface area contributed by atoms with Gasteiger partial charge in [-0.05, 0) is 39.4 Å². The SMILES string of the molecule is O=[N+]([O-])c1ccccc1S(=O)(=O)NC(c1ccccc1)c1c(-c2ccccc2)cccc1-c1ccccc1. The van der Waals surface area contributed by atoms with Gasteiger partial charge in [0.05, 0.1) is 11.0 Å². The lowest BCUT2D eigenvalue weighted by molar-refractivity contribution is -0.387. The standard InChI is InChI=1S/C31H24N2O4S/c34-33(35)28-21-10-11-22-29(28)38(36,37)32-31(25-17-8-3-9-18-25)30-26(23-13-4-1-5-14-23)19-12-20-27(30)24-15-6-2-7-16-24/h1-22,31-32H. The number of nitrogens with one attached hydrogen (secondary N) is 1. The number of hydrogen-bond donors (Lipinski definition) is 1. The van der Waals surface area contributed by atoms with Gasteiger partial charge in [-0.1, -0.05) is 121 Å². The molecule has 188 valence electrons. The fourth-order valence-corrected chi connectivity index (χ4v) is 5.97. The zero-order valence-corrected chi connectivity index (χ0v) is 21.1. The summed E-state index contributed by atoms with van der Waals surface area (Å²) < 4.78 is 30.4. The van der Waals surface area contributed by atoms with Gasteiger partial charge in [0.2, 0.25) is 10.0 Å². The summed E-state index contributed by atoms with van der Waals surface area (Å²) in [5, 5.41) is 11.7. The van der Waals surface area contributed by atoms with E-state index in [2.05, 4.69) is 4.72 Å². The predicted octanol–water partition coefficient (Wildman–Crippen LogP) is 7.00. The van der Waals surface area contributed by atoms with Crippen molar-refractivity contribution >= 4 is 15.7 Å². The van der Waals surface area contributed by atoms with Crippen molar-refractivity contribution in [1.29, 1.82) is 0 Å². The molecule has 0 aliphatic rings. The van der Waals surface area contributed by atoms with Crippen LogP contribution in [0.4, 0.5) is 5.69 Å². The maximum atomic E-state index is 13.8. The molecule has 1 atom stereocenters. The fourth-order valence-electron chi connectivity index (χ4n) is 4.61. The highest BCUT2D eigenvalue weighted by Gasteiger charge is 2.31. The largest absolute Gasteiger partial charge is 0.289 e. The Morgan fingerprint density at radius 3 is 1.61 bits per heavy atom. The molecular weight excluding hydrogens is 496 g/mol. The van der Waals surface area contributed by atoms with E-state index in [1.807, 2.05) is 109 Å². The molecule has 0 aliphatic carbocycles. The van der Waals surface area contributed by atoms with Gasteiger partial charge in [0.15, 0.2) is 4.90 Å². The van der Waals surface area contributed by atoms with Crippen molar-refractivity contribution in [2.24, 2.45) is 0 Å². The molecule has 5 aromatic rings. The summed E-state index contributed by atoms with van der Waals surface area (Å²) in [7, 11) is -4.32. The number of nitro benzene ring substituents is 1. The van der Waals surface area contributed by atoms with Crippen LogP contribution in [0.2, 0.25) is 0 Å². The second kappa shape index (κ2) is 10.8. The molecule has 0 saturated carbocycles. The molecule has 5 aromatic carbocycles. The molecule has 5 rings (SSSR count). The Morgan fingerprint density at radius 1 is 0.605 bits per heavy atom. The maximum absolute atomic E-state index is 13.8. The number of hydrogen-bond acceptors (Lipinski definition) is 4. The van der Waals surface area contributed by atoms with Gasteiger partial charge < -0.3 is 0 Å². The maximum Gasteiger partial charge on any atom is 0.289 e. The topological polar surface area (TPSA) is 89.3 Å². The Morgan fingerprint density at radius 2 is 1.08 bits per heavy atom. The van der Waals surface area contributed by atoms with Crippen LogP contribution in [0.25, 0.3) is 22.3 Å². The first-order valence-corrected chi connectivity index (χ1v) is 13.5. The summed E-state index contributed by atoms with van der Waals surface area (Å²) in [4.78, 5) is 10.6. The van der Waals surface area contributed by atoms with E-state index in [0.717, 1.165) is 27.8 Å². The van der Waals surface area contributed by atoms with Gasteiger partial charge in [0.25, 0.3) is 5.69 Å². The summed E-state index contributed by atoms with van der Waals surface area (Å²) in [5.74, 6) is 0. The molecular formula is C31H24N2O4S.